The monoisotopic (exact) mass is 331 g/mol. The van der Waals surface area contributed by atoms with E-state index in [-0.39, 0.29) is 0 Å². The summed E-state index contributed by atoms with van der Waals surface area (Å²) in [4.78, 5) is 4.35. The molecule has 1 heterocycles. The van der Waals surface area contributed by atoms with Gasteiger partial charge in [0.2, 0.25) is 0 Å². The van der Waals surface area contributed by atoms with Crippen molar-refractivity contribution in [3.63, 3.8) is 0 Å². The number of nitrogens with zero attached hydrogens (tertiary/aromatic N) is 2. The summed E-state index contributed by atoms with van der Waals surface area (Å²) in [5, 5.41) is 0.511. The molecule has 0 saturated carbocycles. The summed E-state index contributed by atoms with van der Waals surface area (Å²) in [6.45, 7) is 8.86. The van der Waals surface area contributed by atoms with Crippen molar-refractivity contribution in [2.24, 2.45) is 0 Å². The van der Waals surface area contributed by atoms with E-state index in [4.69, 9.17) is 22.1 Å². The lowest BCUT2D eigenvalue weighted by atomic mass is 10.2. The predicted molar refractivity (Wildman–Crippen MR) is 97.4 cm³/mol. The van der Waals surface area contributed by atoms with Crippen LogP contribution in [0.1, 0.15) is 26.3 Å². The molecule has 0 unspecified atom stereocenters. The molecule has 0 amide bonds. The molecule has 23 heavy (non-hydrogen) atoms. The standard InChI is InChI=1S/C16H16ClN3O.C2H6/c1-3-20-9-19-14-5-4-12(8-15(14)20)21-16-10(2)6-11(18)7-13(16)17;1-2/h4-9H,3,18H2,1-2H3;1-2H3. The van der Waals surface area contributed by atoms with Crippen LogP contribution >= 0.6 is 11.6 Å². The van der Waals surface area contributed by atoms with Crippen LogP contribution in [-0.2, 0) is 6.54 Å². The molecule has 3 rings (SSSR count). The second-order valence-electron chi connectivity index (χ2n) is 4.93. The molecule has 0 saturated heterocycles. The van der Waals surface area contributed by atoms with Crippen molar-refractivity contribution in [3.05, 3.63) is 47.2 Å². The molecule has 0 aliphatic heterocycles. The number of aromatic nitrogens is 2. The summed E-state index contributed by atoms with van der Waals surface area (Å²) < 4.78 is 8.01. The van der Waals surface area contributed by atoms with E-state index in [9.17, 15) is 0 Å². The molecule has 0 aliphatic rings. The van der Waals surface area contributed by atoms with Crippen LogP contribution in [0.4, 0.5) is 5.69 Å². The van der Waals surface area contributed by atoms with Gasteiger partial charge in [0.05, 0.1) is 22.4 Å². The Balaban J connectivity index is 0.000000924. The summed E-state index contributed by atoms with van der Waals surface area (Å²) in [5.41, 5.74) is 9.29. The highest BCUT2D eigenvalue weighted by Gasteiger charge is 2.10. The average molecular weight is 332 g/mol. The number of nitrogen functional groups attached to an aromatic ring is 1. The molecule has 2 aromatic carbocycles. The van der Waals surface area contributed by atoms with Gasteiger partial charge in [-0.1, -0.05) is 25.4 Å². The molecular weight excluding hydrogens is 310 g/mol. The summed E-state index contributed by atoms with van der Waals surface area (Å²) >= 11 is 6.22. The van der Waals surface area contributed by atoms with E-state index in [0.29, 0.717) is 16.5 Å². The molecule has 5 heteroatoms. The summed E-state index contributed by atoms with van der Waals surface area (Å²) in [7, 11) is 0. The van der Waals surface area contributed by atoms with Gasteiger partial charge in [-0.3, -0.25) is 0 Å². The SMILES string of the molecule is CC.CCn1cnc2ccc(Oc3c(C)cc(N)cc3Cl)cc21. The van der Waals surface area contributed by atoms with Gasteiger partial charge in [-0.2, -0.15) is 0 Å². The normalized spacial score (nSPS) is 10.3. The van der Waals surface area contributed by atoms with E-state index in [1.165, 1.54) is 0 Å². The van der Waals surface area contributed by atoms with E-state index < -0.39 is 0 Å². The maximum atomic E-state index is 6.22. The highest BCUT2D eigenvalue weighted by atomic mass is 35.5. The number of imidazole rings is 1. The van der Waals surface area contributed by atoms with E-state index >= 15 is 0 Å². The summed E-state index contributed by atoms with van der Waals surface area (Å²) in [6.07, 6.45) is 1.83. The van der Waals surface area contributed by atoms with Crippen LogP contribution in [-0.4, -0.2) is 9.55 Å². The van der Waals surface area contributed by atoms with Crippen LogP contribution in [0.3, 0.4) is 0 Å². The van der Waals surface area contributed by atoms with Crippen LogP contribution in [0.25, 0.3) is 11.0 Å². The Kier molecular flexibility index (Phi) is 5.50. The maximum Gasteiger partial charge on any atom is 0.149 e. The fourth-order valence-electron chi connectivity index (χ4n) is 2.36. The number of anilines is 1. The topological polar surface area (TPSA) is 53.1 Å². The van der Waals surface area contributed by atoms with Crippen molar-refractivity contribution in [3.8, 4) is 11.5 Å². The fraction of sp³-hybridized carbons (Fsp3) is 0.278. The average Bonchev–Trinajstić information content (AvgIpc) is 2.95. The Bertz CT molecular complexity index is 788. The molecule has 1 aromatic heterocycles. The predicted octanol–water partition coefficient (Wildman–Crippen LogP) is 5.42. The molecule has 0 fully saturated rings. The van der Waals surface area contributed by atoms with Gasteiger partial charge in [0, 0.05) is 18.3 Å². The molecule has 0 bridgehead atoms. The van der Waals surface area contributed by atoms with Crippen LogP contribution in [0, 0.1) is 6.92 Å². The number of rotatable bonds is 3. The van der Waals surface area contributed by atoms with E-state index in [1.807, 2.05) is 51.4 Å². The highest BCUT2D eigenvalue weighted by Crippen LogP contribution is 2.35. The van der Waals surface area contributed by atoms with Crippen molar-refractivity contribution < 1.29 is 4.74 Å². The zero-order chi connectivity index (χ0) is 17.0. The second-order valence-corrected chi connectivity index (χ2v) is 5.34. The lowest BCUT2D eigenvalue weighted by molar-refractivity contribution is 0.479. The number of ether oxygens (including phenoxy) is 1. The molecule has 122 valence electrons. The molecule has 4 nitrogen and oxygen atoms in total. The number of fused-ring (bicyclic) bond motifs is 1. The lowest BCUT2D eigenvalue weighted by Crippen LogP contribution is -1.94. The zero-order valence-electron chi connectivity index (χ0n) is 13.9. The highest BCUT2D eigenvalue weighted by molar-refractivity contribution is 6.32. The Morgan fingerprint density at radius 1 is 1.22 bits per heavy atom. The van der Waals surface area contributed by atoms with Gasteiger partial charge in [0.1, 0.15) is 11.5 Å². The van der Waals surface area contributed by atoms with Crippen molar-refractivity contribution in [1.29, 1.82) is 0 Å². The van der Waals surface area contributed by atoms with Gasteiger partial charge >= 0.3 is 0 Å². The van der Waals surface area contributed by atoms with Gasteiger partial charge in [0.15, 0.2) is 0 Å². The van der Waals surface area contributed by atoms with E-state index in [0.717, 1.165) is 28.9 Å². The molecule has 0 radical (unpaired) electrons. The minimum absolute atomic E-state index is 0.511. The van der Waals surface area contributed by atoms with E-state index in [2.05, 4.69) is 16.5 Å². The largest absolute Gasteiger partial charge is 0.455 e. The van der Waals surface area contributed by atoms with Crippen LogP contribution < -0.4 is 10.5 Å². The summed E-state index contributed by atoms with van der Waals surface area (Å²) in [5.74, 6) is 1.36. The number of hydrogen-bond donors (Lipinski definition) is 1. The minimum Gasteiger partial charge on any atom is -0.455 e. The number of hydrogen-bond acceptors (Lipinski definition) is 3. The Hall–Kier alpha value is -2.20. The number of benzene rings is 2. The van der Waals surface area contributed by atoms with Crippen molar-refractivity contribution in [1.82, 2.24) is 9.55 Å². The fourth-order valence-corrected chi connectivity index (χ4v) is 2.67. The Labute approximate surface area is 141 Å². The third-order valence-electron chi connectivity index (χ3n) is 3.40. The summed E-state index contributed by atoms with van der Waals surface area (Å²) in [6, 6.07) is 9.34. The van der Waals surface area contributed by atoms with Gasteiger partial charge in [-0.15, -0.1) is 0 Å². The first-order chi connectivity index (χ1) is 11.1. The van der Waals surface area contributed by atoms with Gasteiger partial charge in [0.25, 0.3) is 0 Å². The smallest absolute Gasteiger partial charge is 0.149 e. The number of halogens is 1. The first-order valence-electron chi connectivity index (χ1n) is 7.77. The molecule has 3 aromatic rings. The molecular formula is C18H22ClN3O. The Morgan fingerprint density at radius 2 is 1.96 bits per heavy atom. The first kappa shape index (κ1) is 17.2. The van der Waals surface area contributed by atoms with Gasteiger partial charge < -0.3 is 15.0 Å². The van der Waals surface area contributed by atoms with Gasteiger partial charge in [-0.05, 0) is 43.7 Å². The minimum atomic E-state index is 0.511. The van der Waals surface area contributed by atoms with Crippen LogP contribution in [0.5, 0.6) is 11.5 Å². The number of aryl methyl sites for hydroxylation is 2. The van der Waals surface area contributed by atoms with Crippen molar-refractivity contribution in [2.75, 3.05) is 5.73 Å². The molecule has 0 aliphatic carbocycles. The van der Waals surface area contributed by atoms with Gasteiger partial charge in [-0.25, -0.2) is 4.98 Å². The van der Waals surface area contributed by atoms with Crippen LogP contribution in [0.15, 0.2) is 36.7 Å². The van der Waals surface area contributed by atoms with E-state index in [1.54, 1.807) is 6.07 Å². The first-order valence-corrected chi connectivity index (χ1v) is 8.14. The molecule has 0 atom stereocenters. The van der Waals surface area contributed by atoms with Crippen LogP contribution in [0.2, 0.25) is 5.02 Å². The van der Waals surface area contributed by atoms with Crippen molar-refractivity contribution in [2.45, 2.75) is 34.2 Å². The quantitative estimate of drug-likeness (QED) is 0.652. The molecule has 0 spiro atoms. The zero-order valence-corrected chi connectivity index (χ0v) is 14.7. The maximum absolute atomic E-state index is 6.22. The Morgan fingerprint density at radius 3 is 2.61 bits per heavy atom. The third-order valence-corrected chi connectivity index (χ3v) is 3.69. The molecule has 2 N–H and O–H groups in total. The number of nitrogens with two attached hydrogens (primary N) is 1. The second kappa shape index (κ2) is 7.38. The third kappa shape index (κ3) is 3.59. The van der Waals surface area contributed by atoms with Crippen molar-refractivity contribution >= 4 is 28.3 Å². The lowest BCUT2D eigenvalue weighted by Gasteiger charge is -2.12.